The van der Waals surface area contributed by atoms with E-state index in [-0.39, 0.29) is 11.9 Å². The average Bonchev–Trinajstić information content (AvgIpc) is 2.86. The zero-order chi connectivity index (χ0) is 17.1. The molecule has 0 spiro atoms. The smallest absolute Gasteiger partial charge is 0.358 e. The molecule has 24 heavy (non-hydrogen) atoms. The van der Waals surface area contributed by atoms with Gasteiger partial charge >= 0.3 is 11.7 Å². The van der Waals surface area contributed by atoms with Gasteiger partial charge in [0.2, 0.25) is 0 Å². The molecule has 1 atom stereocenters. The van der Waals surface area contributed by atoms with E-state index in [4.69, 9.17) is 0 Å². The highest BCUT2D eigenvalue weighted by molar-refractivity contribution is 5.80. The zero-order valence-electron chi connectivity index (χ0n) is 14.1. The summed E-state index contributed by atoms with van der Waals surface area (Å²) < 4.78 is 1.61. The molecule has 1 aliphatic rings. The van der Waals surface area contributed by atoms with Gasteiger partial charge in [0.25, 0.3) is 0 Å². The Bertz CT molecular complexity index is 807. The number of hydrogen-bond acceptors (Lipinski definition) is 4. The topological polar surface area (TPSA) is 49.1 Å². The molecule has 0 fully saturated rings. The van der Waals surface area contributed by atoms with Gasteiger partial charge in [-0.3, -0.25) is 5.32 Å². The third-order valence-electron chi connectivity index (χ3n) is 3.91. The summed E-state index contributed by atoms with van der Waals surface area (Å²) in [5.41, 5.74) is 3.06. The number of carbonyl (C=O) groups is 1. The van der Waals surface area contributed by atoms with Crippen molar-refractivity contribution in [3.63, 3.8) is 0 Å². The lowest BCUT2D eigenvalue weighted by Gasteiger charge is -2.11. The van der Waals surface area contributed by atoms with E-state index in [1.165, 1.54) is 5.69 Å². The molecular weight excluding hydrogens is 300 g/mol. The Kier molecular flexibility index (Phi) is 4.42. The first-order valence-electron chi connectivity index (χ1n) is 7.89. The Morgan fingerprint density at radius 3 is 2.58 bits per heavy atom. The maximum Gasteiger partial charge on any atom is 0.358 e. The molecule has 1 aromatic carbocycles. The van der Waals surface area contributed by atoms with E-state index in [0.717, 1.165) is 17.1 Å². The minimum Gasteiger partial charge on any atom is -0.378 e. The maximum absolute atomic E-state index is 12.0. The number of nitrogens with one attached hydrogen (secondary N) is 1. The number of allylic oxidation sites excluding steroid dienone is 2. The number of anilines is 2. The number of rotatable bonds is 4. The summed E-state index contributed by atoms with van der Waals surface area (Å²) in [7, 11) is 4.05. The van der Waals surface area contributed by atoms with Crippen LogP contribution < -0.4 is 14.8 Å². The van der Waals surface area contributed by atoms with Gasteiger partial charge in [0.05, 0.1) is 0 Å². The number of benzene rings is 1. The van der Waals surface area contributed by atoms with E-state index < -0.39 is 0 Å². The van der Waals surface area contributed by atoms with E-state index in [1.807, 2.05) is 45.3 Å². The lowest BCUT2D eigenvalue weighted by molar-refractivity contribution is -0.553. The van der Waals surface area contributed by atoms with Crippen LogP contribution in [-0.2, 0) is 0 Å². The molecule has 1 aromatic heterocycles. The summed E-state index contributed by atoms with van der Waals surface area (Å²) in [5.74, 6) is 0.778. The van der Waals surface area contributed by atoms with Crippen molar-refractivity contribution in [3.8, 4) is 0 Å². The monoisotopic (exact) mass is 321 g/mol. The maximum atomic E-state index is 12.0. The Labute approximate surface area is 142 Å². The van der Waals surface area contributed by atoms with E-state index in [2.05, 4.69) is 39.5 Å². The van der Waals surface area contributed by atoms with Gasteiger partial charge in [-0.1, -0.05) is 30.4 Å². The summed E-state index contributed by atoms with van der Waals surface area (Å²) in [4.78, 5) is 18.4. The van der Waals surface area contributed by atoms with Gasteiger partial charge in [-0.2, -0.15) is 4.57 Å². The van der Waals surface area contributed by atoms with Gasteiger partial charge in [0, 0.05) is 19.8 Å². The fourth-order valence-electron chi connectivity index (χ4n) is 2.50. The summed E-state index contributed by atoms with van der Waals surface area (Å²) >= 11 is 0. The predicted molar refractivity (Wildman–Crippen MR) is 97.0 cm³/mol. The van der Waals surface area contributed by atoms with Crippen molar-refractivity contribution in [2.75, 3.05) is 24.3 Å². The molecule has 2 heterocycles. The Morgan fingerprint density at radius 1 is 1.17 bits per heavy atom. The van der Waals surface area contributed by atoms with Gasteiger partial charge in [-0.05, 0) is 30.7 Å². The Balaban J connectivity index is 1.67. The number of fused-ring (bicyclic) bond motifs is 1. The molecule has 0 bridgehead atoms. The molecule has 0 amide bonds. The van der Waals surface area contributed by atoms with Crippen LogP contribution in [-0.4, -0.2) is 31.0 Å². The standard InChI is InChI=1S/C19H20N4O/c1-14-19(24)23-13-16(20-12-18(23)21-14)7-5-4-6-15-8-10-17(11-9-15)22(2)3/h4-14H,1-3H3/p+1/b6-4+,7-5+. The first-order valence-corrected chi connectivity index (χ1v) is 7.89. The average molecular weight is 321 g/mol. The van der Waals surface area contributed by atoms with Crippen LogP contribution >= 0.6 is 0 Å². The molecule has 0 saturated heterocycles. The van der Waals surface area contributed by atoms with E-state index in [0.29, 0.717) is 0 Å². The van der Waals surface area contributed by atoms with E-state index in [9.17, 15) is 4.79 Å². The summed E-state index contributed by atoms with van der Waals surface area (Å²) in [6.07, 6.45) is 11.2. The zero-order valence-corrected chi connectivity index (χ0v) is 14.1. The molecule has 0 aliphatic carbocycles. The van der Waals surface area contributed by atoms with Crippen molar-refractivity contribution in [2.24, 2.45) is 0 Å². The highest BCUT2D eigenvalue weighted by atomic mass is 16.2. The van der Waals surface area contributed by atoms with Crippen molar-refractivity contribution in [3.05, 3.63) is 60.1 Å². The molecule has 0 saturated carbocycles. The minimum absolute atomic E-state index is 0.0403. The van der Waals surface area contributed by atoms with E-state index >= 15 is 0 Å². The van der Waals surface area contributed by atoms with Crippen molar-refractivity contribution in [1.82, 2.24) is 4.98 Å². The highest BCUT2D eigenvalue weighted by Crippen LogP contribution is 2.13. The van der Waals surface area contributed by atoms with Gasteiger partial charge in [-0.25, -0.2) is 9.78 Å². The molecule has 0 radical (unpaired) electrons. The number of carbonyl (C=O) groups excluding carboxylic acids is 1. The third kappa shape index (κ3) is 3.35. The number of nitrogens with zero attached hydrogens (tertiary/aromatic N) is 3. The van der Waals surface area contributed by atoms with Gasteiger partial charge in [-0.15, -0.1) is 0 Å². The first kappa shape index (κ1) is 15.9. The van der Waals surface area contributed by atoms with Crippen molar-refractivity contribution < 1.29 is 9.36 Å². The SMILES string of the molecule is CC1Nc2cnc(/C=C/C=C/c3ccc(N(C)C)cc3)c[n+]2C1=O. The molecule has 122 valence electrons. The molecule has 1 unspecified atom stereocenters. The van der Waals surface area contributed by atoms with Gasteiger partial charge < -0.3 is 4.90 Å². The van der Waals surface area contributed by atoms with Crippen LogP contribution in [0.25, 0.3) is 12.2 Å². The van der Waals surface area contributed by atoms with Crippen molar-refractivity contribution in [1.29, 1.82) is 0 Å². The largest absolute Gasteiger partial charge is 0.378 e. The summed E-state index contributed by atoms with van der Waals surface area (Å²) in [6, 6.07) is 8.13. The van der Waals surface area contributed by atoms with Crippen LogP contribution in [0.1, 0.15) is 23.0 Å². The molecule has 5 heteroatoms. The fourth-order valence-corrected chi connectivity index (χ4v) is 2.50. The van der Waals surface area contributed by atoms with Crippen molar-refractivity contribution in [2.45, 2.75) is 13.0 Å². The van der Waals surface area contributed by atoms with Crippen LogP contribution in [0.2, 0.25) is 0 Å². The molecule has 5 nitrogen and oxygen atoms in total. The lowest BCUT2D eigenvalue weighted by atomic mass is 10.2. The Hall–Kier alpha value is -2.95. The predicted octanol–water partition coefficient (Wildman–Crippen LogP) is 2.62. The molecule has 1 aliphatic heterocycles. The van der Waals surface area contributed by atoms with Gasteiger partial charge in [0.1, 0.15) is 18.1 Å². The van der Waals surface area contributed by atoms with Crippen LogP contribution in [0, 0.1) is 0 Å². The van der Waals surface area contributed by atoms with E-state index in [1.54, 1.807) is 17.0 Å². The normalized spacial score (nSPS) is 16.6. The quantitative estimate of drug-likeness (QED) is 0.695. The summed E-state index contributed by atoms with van der Waals surface area (Å²) in [5, 5.41) is 3.08. The molecular formula is C19H21N4O+. The van der Waals surface area contributed by atoms with Crippen molar-refractivity contribution >= 4 is 29.6 Å². The number of aromatic nitrogens is 2. The van der Waals surface area contributed by atoms with Crippen LogP contribution in [0.4, 0.5) is 11.5 Å². The number of hydrogen-bond donors (Lipinski definition) is 1. The van der Waals surface area contributed by atoms with Crippen LogP contribution in [0.15, 0.2) is 48.8 Å². The summed E-state index contributed by atoms with van der Waals surface area (Å²) in [6.45, 7) is 1.84. The van der Waals surface area contributed by atoms with Gasteiger partial charge in [0.15, 0.2) is 6.04 Å². The molecule has 1 N–H and O–H groups in total. The Morgan fingerprint density at radius 2 is 1.88 bits per heavy atom. The van der Waals surface area contributed by atoms with Crippen LogP contribution in [0.5, 0.6) is 0 Å². The second-order valence-electron chi connectivity index (χ2n) is 5.98. The third-order valence-corrected chi connectivity index (χ3v) is 3.91. The second kappa shape index (κ2) is 6.66. The lowest BCUT2D eigenvalue weighted by Crippen LogP contribution is -2.42. The van der Waals surface area contributed by atoms with Crippen LogP contribution in [0.3, 0.4) is 0 Å². The molecule has 3 rings (SSSR count). The minimum atomic E-state index is -0.198. The molecule has 2 aromatic rings. The fraction of sp³-hybridized carbons (Fsp3) is 0.211. The highest BCUT2D eigenvalue weighted by Gasteiger charge is 2.34. The second-order valence-corrected chi connectivity index (χ2v) is 5.98. The first-order chi connectivity index (χ1) is 11.5.